The molecule has 0 aliphatic rings. The molecule has 8 heteroatoms. The molecule has 0 aliphatic carbocycles. The molecule has 2 rings (SSSR count). The van der Waals surface area contributed by atoms with Crippen molar-refractivity contribution in [3.63, 3.8) is 0 Å². The summed E-state index contributed by atoms with van der Waals surface area (Å²) in [5.74, 6) is 0.0119. The summed E-state index contributed by atoms with van der Waals surface area (Å²) in [4.78, 5) is 23.3. The zero-order chi connectivity index (χ0) is 19.3. The number of nitrogens with zero attached hydrogens (tertiary/aromatic N) is 1. The Bertz CT molecular complexity index is 888. The van der Waals surface area contributed by atoms with Crippen molar-refractivity contribution in [2.45, 2.75) is 11.8 Å². The van der Waals surface area contributed by atoms with Crippen LogP contribution < -0.4 is 9.47 Å². The van der Waals surface area contributed by atoms with Gasteiger partial charge in [0.2, 0.25) is 10.0 Å². The number of hydrogen-bond donors (Lipinski definition) is 0. The van der Waals surface area contributed by atoms with Gasteiger partial charge in [-0.25, -0.2) is 8.42 Å². The molecule has 0 fully saturated rings. The number of esters is 1. The Hall–Kier alpha value is -2.71. The lowest BCUT2D eigenvalue weighted by Crippen LogP contribution is -2.34. The van der Waals surface area contributed by atoms with E-state index in [2.05, 4.69) is 0 Å². The number of ether oxygens (including phenoxy) is 2. The number of ketones is 1. The third-order valence-corrected chi connectivity index (χ3v) is 5.43. The second-order valence-corrected chi connectivity index (χ2v) is 7.54. The minimum atomic E-state index is -3.88. The molecule has 0 bridgehead atoms. The van der Waals surface area contributed by atoms with Crippen molar-refractivity contribution in [3.05, 3.63) is 54.1 Å². The van der Waals surface area contributed by atoms with Gasteiger partial charge in [-0.05, 0) is 43.3 Å². The maximum Gasteiger partial charge on any atom is 0.326 e. The zero-order valence-corrected chi connectivity index (χ0v) is 15.4. The summed E-state index contributed by atoms with van der Waals surface area (Å²) in [6, 6.07) is 11.9. The standard InChI is InChI=1S/C18H19NO6S/c1-13(20)14-4-10-17(11-5-14)26(22,23)19(2)12-18(21)25-16-8-6-15(24-3)7-9-16/h4-11H,12H2,1-3H3. The largest absolute Gasteiger partial charge is 0.497 e. The molecule has 7 nitrogen and oxygen atoms in total. The van der Waals surface area contributed by atoms with Crippen molar-refractivity contribution in [1.29, 1.82) is 0 Å². The topological polar surface area (TPSA) is 90.0 Å². The van der Waals surface area contributed by atoms with E-state index >= 15 is 0 Å². The van der Waals surface area contributed by atoms with Crippen LogP contribution in [0, 0.1) is 0 Å². The molecule has 0 saturated carbocycles. The van der Waals surface area contributed by atoms with Gasteiger partial charge in [-0.1, -0.05) is 12.1 Å². The van der Waals surface area contributed by atoms with Crippen LogP contribution >= 0.6 is 0 Å². The number of carbonyl (C=O) groups excluding carboxylic acids is 2. The number of rotatable bonds is 7. The van der Waals surface area contributed by atoms with Crippen LogP contribution in [-0.4, -0.2) is 45.2 Å². The molecule has 0 spiro atoms. The molecule has 26 heavy (non-hydrogen) atoms. The third kappa shape index (κ3) is 4.68. The van der Waals surface area contributed by atoms with Gasteiger partial charge in [0, 0.05) is 12.6 Å². The monoisotopic (exact) mass is 377 g/mol. The van der Waals surface area contributed by atoms with Crippen molar-refractivity contribution in [2.75, 3.05) is 20.7 Å². The first-order valence-corrected chi connectivity index (χ1v) is 9.10. The Morgan fingerprint density at radius 3 is 2.00 bits per heavy atom. The van der Waals surface area contributed by atoms with Crippen LogP contribution in [0.5, 0.6) is 11.5 Å². The smallest absolute Gasteiger partial charge is 0.326 e. The van der Waals surface area contributed by atoms with Gasteiger partial charge in [0.1, 0.15) is 18.0 Å². The molecule has 0 aromatic heterocycles. The lowest BCUT2D eigenvalue weighted by atomic mass is 10.2. The van der Waals surface area contributed by atoms with Gasteiger partial charge in [-0.3, -0.25) is 9.59 Å². The maximum absolute atomic E-state index is 12.5. The van der Waals surface area contributed by atoms with E-state index in [-0.39, 0.29) is 16.4 Å². The van der Waals surface area contributed by atoms with Crippen LogP contribution in [0.25, 0.3) is 0 Å². The van der Waals surface area contributed by atoms with E-state index in [9.17, 15) is 18.0 Å². The molecule has 2 aromatic rings. The fourth-order valence-electron chi connectivity index (χ4n) is 2.12. The van der Waals surface area contributed by atoms with E-state index in [0.29, 0.717) is 11.3 Å². The molecular formula is C18H19NO6S. The minimum Gasteiger partial charge on any atom is -0.497 e. The lowest BCUT2D eigenvalue weighted by Gasteiger charge is -2.16. The second kappa shape index (κ2) is 8.11. The number of carbonyl (C=O) groups is 2. The molecule has 0 N–H and O–H groups in total. The number of hydrogen-bond acceptors (Lipinski definition) is 6. The molecule has 0 amide bonds. The number of Topliss-reactive ketones (excluding diaryl/α,β-unsaturated/α-hetero) is 1. The molecule has 0 radical (unpaired) electrons. The van der Waals surface area contributed by atoms with Crippen LogP contribution in [0.2, 0.25) is 0 Å². The van der Waals surface area contributed by atoms with Crippen molar-refractivity contribution >= 4 is 21.8 Å². The highest BCUT2D eigenvalue weighted by molar-refractivity contribution is 7.89. The summed E-state index contributed by atoms with van der Waals surface area (Å²) in [6.07, 6.45) is 0. The number of benzene rings is 2. The first-order valence-electron chi connectivity index (χ1n) is 7.66. The van der Waals surface area contributed by atoms with Crippen LogP contribution in [0.3, 0.4) is 0 Å². The van der Waals surface area contributed by atoms with Crippen LogP contribution in [0.4, 0.5) is 0 Å². The summed E-state index contributed by atoms with van der Waals surface area (Å²) >= 11 is 0. The van der Waals surface area contributed by atoms with Gasteiger partial charge < -0.3 is 9.47 Å². The molecule has 2 aromatic carbocycles. The summed E-state index contributed by atoms with van der Waals surface area (Å²) in [5.41, 5.74) is 0.408. The Labute approximate surface area is 152 Å². The van der Waals surface area contributed by atoms with Gasteiger partial charge in [0.15, 0.2) is 5.78 Å². The van der Waals surface area contributed by atoms with Gasteiger partial charge in [-0.2, -0.15) is 4.31 Å². The van der Waals surface area contributed by atoms with E-state index < -0.39 is 22.5 Å². The van der Waals surface area contributed by atoms with Crippen molar-refractivity contribution in [2.24, 2.45) is 0 Å². The highest BCUT2D eigenvalue weighted by Crippen LogP contribution is 2.18. The summed E-state index contributed by atoms with van der Waals surface area (Å²) in [5, 5.41) is 0. The number of likely N-dealkylation sites (N-methyl/N-ethyl adjacent to an activating group) is 1. The van der Waals surface area contributed by atoms with E-state index in [0.717, 1.165) is 4.31 Å². The Morgan fingerprint density at radius 1 is 0.962 bits per heavy atom. The molecule has 0 heterocycles. The quantitative estimate of drug-likeness (QED) is 0.417. The summed E-state index contributed by atoms with van der Waals surface area (Å²) in [7, 11) is -1.08. The average Bonchev–Trinajstić information content (AvgIpc) is 2.62. The molecule has 0 saturated heterocycles. The van der Waals surface area contributed by atoms with E-state index in [4.69, 9.17) is 9.47 Å². The van der Waals surface area contributed by atoms with Crippen molar-refractivity contribution in [1.82, 2.24) is 4.31 Å². The van der Waals surface area contributed by atoms with Gasteiger partial charge in [-0.15, -0.1) is 0 Å². The summed E-state index contributed by atoms with van der Waals surface area (Å²) in [6.45, 7) is 0.938. The summed E-state index contributed by atoms with van der Waals surface area (Å²) < 4.78 is 36.0. The minimum absolute atomic E-state index is 0.0118. The number of methoxy groups -OCH3 is 1. The molecule has 0 atom stereocenters. The first kappa shape index (κ1) is 19.6. The predicted octanol–water partition coefficient (Wildman–Crippen LogP) is 2.12. The molecular weight excluding hydrogens is 358 g/mol. The zero-order valence-electron chi connectivity index (χ0n) is 14.6. The van der Waals surface area contributed by atoms with E-state index in [1.165, 1.54) is 45.3 Å². The van der Waals surface area contributed by atoms with Gasteiger partial charge in [0.25, 0.3) is 0 Å². The average molecular weight is 377 g/mol. The normalized spacial score (nSPS) is 11.2. The van der Waals surface area contributed by atoms with Crippen molar-refractivity contribution < 1.29 is 27.5 Å². The van der Waals surface area contributed by atoms with Crippen LogP contribution in [-0.2, 0) is 14.8 Å². The first-order chi connectivity index (χ1) is 12.2. The number of sulfonamides is 1. The highest BCUT2D eigenvalue weighted by Gasteiger charge is 2.24. The second-order valence-electron chi connectivity index (χ2n) is 5.49. The predicted molar refractivity (Wildman–Crippen MR) is 94.9 cm³/mol. The van der Waals surface area contributed by atoms with E-state index in [1.807, 2.05) is 0 Å². The van der Waals surface area contributed by atoms with Crippen LogP contribution in [0.15, 0.2) is 53.4 Å². The van der Waals surface area contributed by atoms with Gasteiger partial charge >= 0.3 is 5.97 Å². The SMILES string of the molecule is COc1ccc(OC(=O)CN(C)S(=O)(=O)c2ccc(C(C)=O)cc2)cc1. The molecule has 0 aliphatic heterocycles. The molecule has 0 unspecified atom stereocenters. The fourth-order valence-corrected chi connectivity index (χ4v) is 3.23. The fraction of sp³-hybridized carbons (Fsp3) is 0.222. The third-order valence-electron chi connectivity index (χ3n) is 3.61. The Balaban J connectivity index is 2.05. The van der Waals surface area contributed by atoms with Gasteiger partial charge in [0.05, 0.1) is 12.0 Å². The highest BCUT2D eigenvalue weighted by atomic mass is 32.2. The van der Waals surface area contributed by atoms with Crippen LogP contribution in [0.1, 0.15) is 17.3 Å². The van der Waals surface area contributed by atoms with Crippen molar-refractivity contribution in [3.8, 4) is 11.5 Å². The lowest BCUT2D eigenvalue weighted by molar-refractivity contribution is -0.134. The maximum atomic E-state index is 12.5. The Kier molecular flexibility index (Phi) is 6.12. The van der Waals surface area contributed by atoms with E-state index in [1.54, 1.807) is 24.3 Å². The molecule has 138 valence electrons. The Morgan fingerprint density at radius 2 is 1.50 bits per heavy atom.